The van der Waals surface area contributed by atoms with Gasteiger partial charge in [0.2, 0.25) is 0 Å². The highest BCUT2D eigenvalue weighted by Gasteiger charge is 2.07. The highest BCUT2D eigenvalue weighted by molar-refractivity contribution is 9.10. The Morgan fingerprint density at radius 2 is 2.27 bits per heavy atom. The van der Waals surface area contributed by atoms with E-state index in [9.17, 15) is 9.90 Å². The molecule has 0 amide bonds. The number of benzene rings is 1. The Morgan fingerprint density at radius 1 is 1.53 bits per heavy atom. The Morgan fingerprint density at radius 3 is 2.93 bits per heavy atom. The summed E-state index contributed by atoms with van der Waals surface area (Å²) in [5, 5.41) is 11.9. The molecule has 5 heteroatoms. The van der Waals surface area contributed by atoms with E-state index in [0.29, 0.717) is 10.6 Å². The molecule has 1 heterocycles. The third-order valence-corrected chi connectivity index (χ3v) is 3.34. The van der Waals surface area contributed by atoms with Crippen molar-refractivity contribution in [2.24, 2.45) is 0 Å². The number of nitrogens with one attached hydrogen (secondary N) is 1. The van der Waals surface area contributed by atoms with Gasteiger partial charge in [0.1, 0.15) is 0 Å². The van der Waals surface area contributed by atoms with Crippen LogP contribution in [0.5, 0.6) is 0 Å². The van der Waals surface area contributed by atoms with Gasteiger partial charge in [-0.3, -0.25) is 0 Å². The summed E-state index contributed by atoms with van der Waals surface area (Å²) >= 11 is 9.20. The molecule has 3 nitrogen and oxygen atoms in total. The molecule has 0 unspecified atom stereocenters. The number of carboxylic acid groups (broad SMARTS) is 1. The third-order valence-electron chi connectivity index (χ3n) is 2.14. The van der Waals surface area contributed by atoms with E-state index >= 15 is 0 Å². The number of aromatic amines is 1. The second-order valence-corrected chi connectivity index (χ2v) is 4.44. The molecular formula is C10H6BrClNO2-. The number of hydrogen-bond acceptors (Lipinski definition) is 2. The number of carbonyl (C=O) groups excluding carboxylic acids is 1. The van der Waals surface area contributed by atoms with Crippen LogP contribution >= 0.6 is 27.5 Å². The molecule has 0 fully saturated rings. The summed E-state index contributed by atoms with van der Waals surface area (Å²) in [5.41, 5.74) is 1.52. The Labute approximate surface area is 99.2 Å². The first kappa shape index (κ1) is 10.5. The van der Waals surface area contributed by atoms with Gasteiger partial charge < -0.3 is 14.9 Å². The summed E-state index contributed by atoms with van der Waals surface area (Å²) in [7, 11) is 0. The molecular weight excluding hydrogens is 281 g/mol. The van der Waals surface area contributed by atoms with E-state index in [1.54, 1.807) is 18.3 Å². The minimum absolute atomic E-state index is 0.103. The van der Waals surface area contributed by atoms with E-state index in [2.05, 4.69) is 20.9 Å². The molecule has 0 atom stereocenters. The number of H-pyrrole nitrogens is 1. The first-order valence-corrected chi connectivity index (χ1v) is 5.40. The highest BCUT2D eigenvalue weighted by atomic mass is 79.9. The smallest absolute Gasteiger partial charge is 0.0569 e. The van der Waals surface area contributed by atoms with Crippen molar-refractivity contribution in [3.8, 4) is 0 Å². The fourth-order valence-electron chi connectivity index (χ4n) is 1.48. The van der Waals surface area contributed by atoms with Gasteiger partial charge in [0, 0.05) is 34.0 Å². The van der Waals surface area contributed by atoms with Crippen molar-refractivity contribution in [3.05, 3.63) is 33.4 Å². The Kier molecular flexibility index (Phi) is 2.71. The number of carboxylic acids is 1. The Balaban J connectivity index is 2.59. The average Bonchev–Trinajstić information content (AvgIpc) is 2.49. The van der Waals surface area contributed by atoms with Crippen molar-refractivity contribution in [2.45, 2.75) is 6.42 Å². The molecule has 0 radical (unpaired) electrons. The number of aromatic nitrogens is 1. The SMILES string of the molecule is O=C([O-])Cc1c[nH]c2cc(Cl)c(Br)cc12. The number of halogens is 2. The molecule has 1 aromatic heterocycles. The van der Waals surface area contributed by atoms with Crippen molar-refractivity contribution >= 4 is 44.4 Å². The van der Waals surface area contributed by atoms with Crippen molar-refractivity contribution in [3.63, 3.8) is 0 Å². The minimum Gasteiger partial charge on any atom is -0.550 e. The lowest BCUT2D eigenvalue weighted by atomic mass is 10.1. The number of rotatable bonds is 2. The van der Waals surface area contributed by atoms with Gasteiger partial charge in [0.15, 0.2) is 0 Å². The van der Waals surface area contributed by atoms with Gasteiger partial charge in [-0.05, 0) is 33.6 Å². The van der Waals surface area contributed by atoms with Crippen molar-refractivity contribution < 1.29 is 9.90 Å². The molecule has 1 N–H and O–H groups in total. The van der Waals surface area contributed by atoms with Crippen LogP contribution in [0.15, 0.2) is 22.8 Å². The molecule has 2 rings (SSSR count). The minimum atomic E-state index is -1.10. The zero-order valence-electron chi connectivity index (χ0n) is 7.51. The lowest BCUT2D eigenvalue weighted by Crippen LogP contribution is -2.24. The molecule has 78 valence electrons. The van der Waals surface area contributed by atoms with Gasteiger partial charge in [-0.15, -0.1) is 0 Å². The summed E-state index contributed by atoms with van der Waals surface area (Å²) in [6.07, 6.45) is 1.55. The predicted molar refractivity (Wildman–Crippen MR) is 59.7 cm³/mol. The van der Waals surface area contributed by atoms with Crippen molar-refractivity contribution in [2.75, 3.05) is 0 Å². The zero-order valence-corrected chi connectivity index (χ0v) is 9.85. The van der Waals surface area contributed by atoms with E-state index in [-0.39, 0.29) is 6.42 Å². The summed E-state index contributed by atoms with van der Waals surface area (Å²) in [5.74, 6) is -1.10. The summed E-state index contributed by atoms with van der Waals surface area (Å²) in [6.45, 7) is 0. The maximum atomic E-state index is 10.5. The fraction of sp³-hybridized carbons (Fsp3) is 0.100. The van der Waals surface area contributed by atoms with Gasteiger partial charge in [0.05, 0.1) is 5.02 Å². The largest absolute Gasteiger partial charge is 0.550 e. The molecule has 0 aliphatic rings. The molecule has 0 saturated heterocycles. The van der Waals surface area contributed by atoms with E-state index in [1.807, 2.05) is 0 Å². The van der Waals surface area contributed by atoms with Gasteiger partial charge in [-0.1, -0.05) is 11.6 Å². The summed E-state index contributed by atoms with van der Waals surface area (Å²) < 4.78 is 0.746. The summed E-state index contributed by atoms with van der Waals surface area (Å²) in [6, 6.07) is 3.55. The van der Waals surface area contributed by atoms with E-state index in [0.717, 1.165) is 15.4 Å². The normalized spacial score (nSPS) is 10.8. The van der Waals surface area contributed by atoms with E-state index in [1.165, 1.54) is 0 Å². The van der Waals surface area contributed by atoms with Crippen LogP contribution in [0.1, 0.15) is 5.56 Å². The van der Waals surface area contributed by atoms with Gasteiger partial charge in [0.25, 0.3) is 0 Å². The van der Waals surface area contributed by atoms with Crippen LogP contribution in [0.2, 0.25) is 5.02 Å². The third kappa shape index (κ3) is 2.01. The molecule has 15 heavy (non-hydrogen) atoms. The van der Waals surface area contributed by atoms with Crippen molar-refractivity contribution in [1.82, 2.24) is 4.98 Å². The maximum absolute atomic E-state index is 10.5. The fourth-order valence-corrected chi connectivity index (χ4v) is 1.98. The first-order valence-electron chi connectivity index (χ1n) is 4.23. The molecule has 1 aromatic carbocycles. The van der Waals surface area contributed by atoms with Crippen LogP contribution < -0.4 is 5.11 Å². The van der Waals surface area contributed by atoms with Crippen LogP contribution in [0.25, 0.3) is 10.9 Å². The van der Waals surface area contributed by atoms with Crippen LogP contribution in [0.4, 0.5) is 0 Å². The van der Waals surface area contributed by atoms with Gasteiger partial charge >= 0.3 is 0 Å². The summed E-state index contributed by atoms with van der Waals surface area (Å²) in [4.78, 5) is 13.5. The van der Waals surface area contributed by atoms with Crippen LogP contribution in [0, 0.1) is 0 Å². The quantitative estimate of drug-likeness (QED) is 0.917. The Hall–Kier alpha value is -1.000. The zero-order chi connectivity index (χ0) is 11.0. The van der Waals surface area contributed by atoms with E-state index < -0.39 is 5.97 Å². The van der Waals surface area contributed by atoms with Gasteiger partial charge in [-0.2, -0.15) is 0 Å². The average molecular weight is 288 g/mol. The number of carbonyl (C=O) groups is 1. The molecule has 0 aliphatic carbocycles. The van der Waals surface area contributed by atoms with Crippen molar-refractivity contribution in [1.29, 1.82) is 0 Å². The molecule has 2 aromatic rings. The molecule has 0 aliphatic heterocycles. The first-order chi connectivity index (χ1) is 7.08. The topological polar surface area (TPSA) is 55.9 Å². The maximum Gasteiger partial charge on any atom is 0.0569 e. The lowest BCUT2D eigenvalue weighted by molar-refractivity contribution is -0.304. The van der Waals surface area contributed by atoms with Crippen LogP contribution in [-0.2, 0) is 11.2 Å². The predicted octanol–water partition coefficient (Wildman–Crippen LogP) is 1.88. The van der Waals surface area contributed by atoms with Crippen LogP contribution in [0.3, 0.4) is 0 Å². The van der Waals surface area contributed by atoms with Crippen LogP contribution in [-0.4, -0.2) is 11.0 Å². The number of hydrogen-bond donors (Lipinski definition) is 1. The monoisotopic (exact) mass is 286 g/mol. The number of fused-ring (bicyclic) bond motifs is 1. The molecule has 0 saturated carbocycles. The standard InChI is InChI=1S/C10H7BrClNO2/c11-7-2-6-5(1-10(14)15)4-13-9(6)3-8(7)12/h2-4,13H,1H2,(H,14,15)/p-1. The molecule has 0 bridgehead atoms. The molecule has 0 spiro atoms. The van der Waals surface area contributed by atoms with E-state index in [4.69, 9.17) is 11.6 Å². The second-order valence-electron chi connectivity index (χ2n) is 3.17. The second kappa shape index (κ2) is 3.87. The lowest BCUT2D eigenvalue weighted by Gasteiger charge is -2.01. The highest BCUT2D eigenvalue weighted by Crippen LogP contribution is 2.29. The van der Waals surface area contributed by atoms with Gasteiger partial charge in [-0.25, -0.2) is 0 Å². The Bertz CT molecular complexity index is 535. The number of aliphatic carboxylic acids is 1.